The molecule has 6 heteroatoms. The van der Waals surface area contributed by atoms with Gasteiger partial charge < -0.3 is 10.1 Å². The highest BCUT2D eigenvalue weighted by atomic mass is 19.3. The van der Waals surface area contributed by atoms with Crippen LogP contribution in [0.3, 0.4) is 0 Å². The van der Waals surface area contributed by atoms with Gasteiger partial charge in [0.25, 0.3) is 6.43 Å². The van der Waals surface area contributed by atoms with Crippen molar-refractivity contribution < 1.29 is 13.5 Å². The first-order valence-corrected chi connectivity index (χ1v) is 6.69. The fourth-order valence-corrected chi connectivity index (χ4v) is 2.14. The van der Waals surface area contributed by atoms with E-state index in [1.165, 1.54) is 4.68 Å². The van der Waals surface area contributed by atoms with Crippen LogP contribution in [0.25, 0.3) is 0 Å². The van der Waals surface area contributed by atoms with E-state index >= 15 is 0 Å². The van der Waals surface area contributed by atoms with Crippen LogP contribution in [-0.4, -0.2) is 36.5 Å². The van der Waals surface area contributed by atoms with Gasteiger partial charge in [-0.15, -0.1) is 0 Å². The molecule has 0 atom stereocenters. The van der Waals surface area contributed by atoms with Crippen LogP contribution in [0.5, 0.6) is 0 Å². The first kappa shape index (κ1) is 16.0. The van der Waals surface area contributed by atoms with E-state index < -0.39 is 6.43 Å². The van der Waals surface area contributed by atoms with Crippen molar-refractivity contribution in [3.8, 4) is 0 Å². The Balaban J connectivity index is 2.83. The number of rotatable bonds is 9. The molecule has 0 aromatic carbocycles. The maximum Gasteiger partial charge on any atom is 0.257 e. The molecule has 0 aliphatic rings. The van der Waals surface area contributed by atoms with Crippen LogP contribution in [-0.2, 0) is 30.7 Å². The Hall–Kier alpha value is -1.01. The van der Waals surface area contributed by atoms with E-state index in [0.29, 0.717) is 19.6 Å². The second kappa shape index (κ2) is 8.22. The van der Waals surface area contributed by atoms with Gasteiger partial charge in [-0.05, 0) is 12.8 Å². The molecule has 0 saturated carbocycles. The second-order valence-corrected chi connectivity index (χ2v) is 4.32. The van der Waals surface area contributed by atoms with Gasteiger partial charge in [0.2, 0.25) is 0 Å². The molecule has 1 aromatic rings. The summed E-state index contributed by atoms with van der Waals surface area (Å²) in [5, 5.41) is 7.56. The van der Waals surface area contributed by atoms with Crippen LogP contribution < -0.4 is 5.32 Å². The number of aromatic nitrogens is 2. The first-order valence-electron chi connectivity index (χ1n) is 6.69. The lowest BCUT2D eigenvalue weighted by Gasteiger charge is -2.08. The highest BCUT2D eigenvalue weighted by molar-refractivity contribution is 5.26. The Bertz CT molecular complexity index is 380. The summed E-state index contributed by atoms with van der Waals surface area (Å²) in [5.74, 6) is 0. The summed E-state index contributed by atoms with van der Waals surface area (Å²) < 4.78 is 31.5. The van der Waals surface area contributed by atoms with Gasteiger partial charge in [-0.2, -0.15) is 5.10 Å². The SMILES string of the molecule is CCc1nn(CC(F)F)c(CC)c1CNCCOC. The predicted octanol–water partition coefficient (Wildman–Crippen LogP) is 2.01. The second-order valence-electron chi connectivity index (χ2n) is 4.32. The number of hydrogen-bond donors (Lipinski definition) is 1. The number of ether oxygens (including phenoxy) is 1. The van der Waals surface area contributed by atoms with Gasteiger partial charge in [-0.3, -0.25) is 4.68 Å². The maximum atomic E-state index is 12.5. The molecular formula is C13H23F2N3O. The lowest BCUT2D eigenvalue weighted by Crippen LogP contribution is -2.20. The topological polar surface area (TPSA) is 39.1 Å². The van der Waals surface area contributed by atoms with Crippen LogP contribution in [0.1, 0.15) is 30.8 Å². The molecule has 1 heterocycles. The molecule has 0 unspecified atom stereocenters. The van der Waals surface area contributed by atoms with Crippen molar-refractivity contribution in [2.45, 2.75) is 46.2 Å². The lowest BCUT2D eigenvalue weighted by atomic mass is 10.1. The fourth-order valence-electron chi connectivity index (χ4n) is 2.14. The van der Waals surface area contributed by atoms with Gasteiger partial charge in [-0.25, -0.2) is 8.78 Å². The van der Waals surface area contributed by atoms with Gasteiger partial charge >= 0.3 is 0 Å². The Morgan fingerprint density at radius 3 is 2.58 bits per heavy atom. The Morgan fingerprint density at radius 2 is 2.05 bits per heavy atom. The molecule has 0 bridgehead atoms. The third-order valence-electron chi connectivity index (χ3n) is 3.02. The minimum absolute atomic E-state index is 0.325. The number of alkyl halides is 2. The van der Waals surface area contributed by atoms with Crippen molar-refractivity contribution >= 4 is 0 Å². The molecule has 110 valence electrons. The minimum atomic E-state index is -2.37. The molecule has 4 nitrogen and oxygen atoms in total. The quantitative estimate of drug-likeness (QED) is 0.701. The molecule has 19 heavy (non-hydrogen) atoms. The smallest absolute Gasteiger partial charge is 0.257 e. The van der Waals surface area contributed by atoms with Gasteiger partial charge in [0.15, 0.2) is 0 Å². The Labute approximate surface area is 113 Å². The lowest BCUT2D eigenvalue weighted by molar-refractivity contribution is 0.120. The number of aryl methyl sites for hydroxylation is 1. The van der Waals surface area contributed by atoms with E-state index in [9.17, 15) is 8.78 Å². The van der Waals surface area contributed by atoms with Crippen molar-refractivity contribution in [3.05, 3.63) is 17.0 Å². The van der Waals surface area contributed by atoms with Crippen LogP contribution >= 0.6 is 0 Å². The Kier molecular flexibility index (Phi) is 6.94. The maximum absolute atomic E-state index is 12.5. The molecule has 0 saturated heterocycles. The van der Waals surface area contributed by atoms with Gasteiger partial charge in [-0.1, -0.05) is 13.8 Å². The van der Waals surface area contributed by atoms with Crippen molar-refractivity contribution in [2.75, 3.05) is 20.3 Å². The molecular weight excluding hydrogens is 252 g/mol. The van der Waals surface area contributed by atoms with Crippen LogP contribution in [0.2, 0.25) is 0 Å². The summed E-state index contributed by atoms with van der Waals surface area (Å²) in [4.78, 5) is 0. The largest absolute Gasteiger partial charge is 0.383 e. The number of halogens is 2. The van der Waals surface area contributed by atoms with Crippen molar-refractivity contribution in [1.29, 1.82) is 0 Å². The summed E-state index contributed by atoms with van der Waals surface area (Å²) in [6, 6.07) is 0. The molecule has 0 amide bonds. The standard InChI is InChI=1S/C13H23F2N3O/c1-4-11-10(8-16-6-7-19-3)12(5-2)18(17-11)9-13(14)15/h13,16H,4-9H2,1-3H3. The van der Waals surface area contributed by atoms with E-state index in [-0.39, 0.29) is 6.54 Å². The average Bonchev–Trinajstić information content (AvgIpc) is 2.70. The normalized spacial score (nSPS) is 11.5. The van der Waals surface area contributed by atoms with E-state index in [1.54, 1.807) is 7.11 Å². The van der Waals surface area contributed by atoms with E-state index in [2.05, 4.69) is 10.4 Å². The molecule has 1 rings (SSSR count). The average molecular weight is 275 g/mol. The van der Waals surface area contributed by atoms with Crippen LogP contribution in [0.15, 0.2) is 0 Å². The van der Waals surface area contributed by atoms with Gasteiger partial charge in [0, 0.05) is 31.5 Å². The monoisotopic (exact) mass is 275 g/mol. The number of methoxy groups -OCH3 is 1. The van der Waals surface area contributed by atoms with Gasteiger partial charge in [0.1, 0.15) is 6.54 Å². The molecule has 0 radical (unpaired) electrons. The molecule has 1 aromatic heterocycles. The van der Waals surface area contributed by atoms with Gasteiger partial charge in [0.05, 0.1) is 12.3 Å². The van der Waals surface area contributed by atoms with E-state index in [4.69, 9.17) is 4.74 Å². The number of nitrogens with zero attached hydrogens (tertiary/aromatic N) is 2. The number of nitrogens with one attached hydrogen (secondary N) is 1. The summed E-state index contributed by atoms with van der Waals surface area (Å²) in [6.07, 6.45) is -0.907. The molecule has 0 fully saturated rings. The number of hydrogen-bond acceptors (Lipinski definition) is 3. The van der Waals surface area contributed by atoms with Crippen molar-refractivity contribution in [2.24, 2.45) is 0 Å². The van der Waals surface area contributed by atoms with Crippen molar-refractivity contribution in [1.82, 2.24) is 15.1 Å². The third-order valence-corrected chi connectivity index (χ3v) is 3.02. The zero-order chi connectivity index (χ0) is 14.3. The molecule has 0 aliphatic heterocycles. The summed E-state index contributed by atoms with van der Waals surface area (Å²) >= 11 is 0. The minimum Gasteiger partial charge on any atom is -0.383 e. The van der Waals surface area contributed by atoms with Crippen LogP contribution in [0.4, 0.5) is 8.78 Å². The third kappa shape index (κ3) is 4.54. The predicted molar refractivity (Wildman–Crippen MR) is 70.6 cm³/mol. The summed E-state index contributed by atoms with van der Waals surface area (Å²) in [5.41, 5.74) is 2.87. The zero-order valence-corrected chi connectivity index (χ0v) is 11.9. The zero-order valence-electron chi connectivity index (χ0n) is 11.9. The fraction of sp³-hybridized carbons (Fsp3) is 0.769. The van der Waals surface area contributed by atoms with Crippen molar-refractivity contribution in [3.63, 3.8) is 0 Å². The molecule has 0 aliphatic carbocycles. The highest BCUT2D eigenvalue weighted by Gasteiger charge is 2.17. The molecule has 1 N–H and O–H groups in total. The van der Waals surface area contributed by atoms with E-state index in [1.807, 2.05) is 13.8 Å². The van der Waals surface area contributed by atoms with E-state index in [0.717, 1.165) is 29.9 Å². The Morgan fingerprint density at radius 1 is 1.32 bits per heavy atom. The first-order chi connectivity index (χ1) is 9.13. The highest BCUT2D eigenvalue weighted by Crippen LogP contribution is 2.17. The summed E-state index contributed by atoms with van der Waals surface area (Å²) in [7, 11) is 1.65. The molecule has 0 spiro atoms. The van der Waals surface area contributed by atoms with Crippen LogP contribution in [0, 0.1) is 0 Å². The summed E-state index contributed by atoms with van der Waals surface area (Å²) in [6.45, 7) is 5.66.